The molecule has 3 aliphatic carbocycles. The molecule has 0 aromatic carbocycles. The van der Waals surface area contributed by atoms with Crippen LogP contribution in [0.2, 0.25) is 0 Å². The summed E-state index contributed by atoms with van der Waals surface area (Å²) in [6.07, 6.45) is 20.7. The molecule has 0 saturated heterocycles. The van der Waals surface area contributed by atoms with Crippen LogP contribution in [0.5, 0.6) is 0 Å². The number of hydrogen-bond donors (Lipinski definition) is 0. The van der Waals surface area contributed by atoms with Crippen LogP contribution >= 0.6 is 7.26 Å². The molecule has 3 fully saturated rings. The minimum Gasteiger partial charge on any atom is -0.0593 e. The van der Waals surface area contributed by atoms with Gasteiger partial charge in [0.1, 0.15) is 0 Å². The van der Waals surface area contributed by atoms with Gasteiger partial charge in [0.2, 0.25) is 0 Å². The van der Waals surface area contributed by atoms with Gasteiger partial charge in [0.15, 0.2) is 0 Å². The average molecular weight is 295 g/mol. The van der Waals surface area contributed by atoms with E-state index in [2.05, 4.69) is 13.8 Å². The molecule has 0 nitrogen and oxygen atoms in total. The minimum atomic E-state index is -0.695. The Morgan fingerprint density at radius 3 is 1.20 bits per heavy atom. The van der Waals surface area contributed by atoms with Crippen molar-refractivity contribution in [3.8, 4) is 0 Å². The zero-order valence-electron chi connectivity index (χ0n) is 13.9. The quantitative estimate of drug-likeness (QED) is 0.509. The molecule has 0 aromatic rings. The first-order valence-corrected chi connectivity index (χ1v) is 11.8. The van der Waals surface area contributed by atoms with Crippen molar-refractivity contribution < 1.29 is 0 Å². The third kappa shape index (κ3) is 2.84. The Morgan fingerprint density at radius 2 is 0.950 bits per heavy atom. The predicted octanol–water partition coefficient (Wildman–Crippen LogP) is 6.49. The molecule has 1 heteroatoms. The first kappa shape index (κ1) is 15.3. The second-order valence-electron chi connectivity index (χ2n) is 8.39. The van der Waals surface area contributed by atoms with Gasteiger partial charge < -0.3 is 0 Å². The summed E-state index contributed by atoms with van der Waals surface area (Å²) in [7, 11) is -0.695. The number of hydrogen-bond acceptors (Lipinski definition) is 0. The topological polar surface area (TPSA) is 0 Å². The second-order valence-corrected chi connectivity index (χ2v) is 12.9. The molecular weight excluding hydrogens is 259 g/mol. The van der Waals surface area contributed by atoms with E-state index >= 15 is 0 Å². The van der Waals surface area contributed by atoms with Crippen LogP contribution in [-0.2, 0) is 0 Å². The van der Waals surface area contributed by atoms with Gasteiger partial charge in [-0.3, -0.25) is 0 Å². The Bertz CT molecular complexity index is 250. The van der Waals surface area contributed by atoms with Crippen LogP contribution in [0.4, 0.5) is 0 Å². The van der Waals surface area contributed by atoms with E-state index in [1.54, 1.807) is 83.2 Å². The second kappa shape index (κ2) is 6.68. The van der Waals surface area contributed by atoms with Gasteiger partial charge in [-0.25, -0.2) is 0 Å². The zero-order valence-corrected chi connectivity index (χ0v) is 14.8. The molecule has 116 valence electrons. The van der Waals surface area contributed by atoms with Crippen LogP contribution < -0.4 is 0 Å². The van der Waals surface area contributed by atoms with Crippen molar-refractivity contribution in [2.24, 2.45) is 5.92 Å². The van der Waals surface area contributed by atoms with E-state index in [-0.39, 0.29) is 0 Å². The molecule has 0 amide bonds. The van der Waals surface area contributed by atoms with E-state index in [0.717, 1.165) is 5.92 Å². The monoisotopic (exact) mass is 295 g/mol. The maximum absolute atomic E-state index is 2.52. The van der Waals surface area contributed by atoms with Gasteiger partial charge in [-0.15, -0.1) is 0 Å². The third-order valence-corrected chi connectivity index (χ3v) is 13.7. The lowest BCUT2D eigenvalue weighted by Crippen LogP contribution is -2.32. The van der Waals surface area contributed by atoms with E-state index in [9.17, 15) is 0 Å². The lowest BCUT2D eigenvalue weighted by atomic mass is 10.3. The van der Waals surface area contributed by atoms with Gasteiger partial charge in [0, 0.05) is 7.26 Å². The molecule has 0 unspecified atom stereocenters. The molecule has 3 saturated carbocycles. The highest BCUT2D eigenvalue weighted by Crippen LogP contribution is 2.78. The summed E-state index contributed by atoms with van der Waals surface area (Å²) < 4.78 is 0. The molecule has 3 rings (SSSR count). The summed E-state index contributed by atoms with van der Waals surface area (Å²) in [6.45, 7) is 5.04. The molecule has 0 heterocycles. The van der Waals surface area contributed by atoms with Crippen molar-refractivity contribution in [3.63, 3.8) is 0 Å². The molecule has 0 atom stereocenters. The summed E-state index contributed by atoms with van der Waals surface area (Å²) in [4.78, 5) is 0. The Morgan fingerprint density at radius 1 is 0.650 bits per heavy atom. The Kier molecular flexibility index (Phi) is 5.12. The van der Waals surface area contributed by atoms with Gasteiger partial charge in [-0.05, 0) is 83.0 Å². The fourth-order valence-corrected chi connectivity index (χ4v) is 14.1. The Balaban J connectivity index is 1.91. The largest absolute Gasteiger partial charge is 0.0703 e. The normalized spacial score (nSPS) is 27.1. The number of rotatable bonds is 5. The van der Waals surface area contributed by atoms with E-state index in [0.29, 0.717) is 0 Å². The summed E-state index contributed by atoms with van der Waals surface area (Å²) in [5, 5.41) is 0. The summed E-state index contributed by atoms with van der Waals surface area (Å²) in [6, 6.07) is 0. The summed E-state index contributed by atoms with van der Waals surface area (Å²) >= 11 is 0. The lowest BCUT2D eigenvalue weighted by Gasteiger charge is -2.43. The highest BCUT2D eigenvalue weighted by molar-refractivity contribution is 7.77. The first-order valence-electron chi connectivity index (χ1n) is 9.60. The van der Waals surface area contributed by atoms with Crippen LogP contribution in [0.1, 0.15) is 90.9 Å². The molecule has 20 heavy (non-hydrogen) atoms. The minimum absolute atomic E-state index is 0.695. The Hall–Kier alpha value is 0.430. The van der Waals surface area contributed by atoms with Gasteiger partial charge >= 0.3 is 0 Å². The van der Waals surface area contributed by atoms with Crippen LogP contribution in [0.25, 0.3) is 0 Å². The summed E-state index contributed by atoms with van der Waals surface area (Å²) in [5.41, 5.74) is 3.61. The van der Waals surface area contributed by atoms with Crippen LogP contribution in [0.15, 0.2) is 0 Å². The van der Waals surface area contributed by atoms with Crippen molar-refractivity contribution in [1.82, 2.24) is 0 Å². The highest BCUT2D eigenvalue weighted by atomic mass is 31.2. The average Bonchev–Trinajstić information content (AvgIpc) is 3.15. The lowest BCUT2D eigenvalue weighted by molar-refractivity contribution is 0.683. The van der Waals surface area contributed by atoms with Gasteiger partial charge in [0.05, 0.1) is 23.1 Å². The van der Waals surface area contributed by atoms with E-state index in [1.807, 2.05) is 0 Å². The molecule has 0 spiro atoms. The molecule has 0 radical (unpaired) electrons. The molecule has 0 bridgehead atoms. The van der Waals surface area contributed by atoms with Crippen LogP contribution in [-0.4, -0.2) is 23.1 Å². The molecular formula is C19H36P+. The van der Waals surface area contributed by atoms with Crippen molar-refractivity contribution in [2.75, 3.05) is 6.16 Å². The first-order chi connectivity index (χ1) is 9.73. The van der Waals surface area contributed by atoms with Crippen molar-refractivity contribution >= 4 is 7.26 Å². The predicted molar refractivity (Wildman–Crippen MR) is 93.4 cm³/mol. The van der Waals surface area contributed by atoms with Crippen molar-refractivity contribution in [1.29, 1.82) is 0 Å². The standard InChI is InChI=1S/C19H36P/c1-16(2)15-20(17-9-3-4-10-17,18-11-5-6-12-18)19-13-7-8-14-19/h16-19H,3-15H2,1-2H3/q+1. The SMILES string of the molecule is CC(C)C[P+](C1CCCC1)(C1CCCC1)C1CCCC1. The molecule has 3 aliphatic rings. The molecule has 0 N–H and O–H groups in total. The van der Waals surface area contributed by atoms with Gasteiger partial charge in [-0.1, -0.05) is 13.8 Å². The summed E-state index contributed by atoms with van der Waals surface area (Å²) in [5.74, 6) is 0.949. The molecule has 0 aliphatic heterocycles. The smallest absolute Gasteiger partial charge is 0.0593 e. The van der Waals surface area contributed by atoms with Crippen LogP contribution in [0, 0.1) is 5.92 Å². The zero-order chi connectivity index (χ0) is 14.0. The maximum atomic E-state index is 2.52. The maximum Gasteiger partial charge on any atom is 0.0703 e. The fraction of sp³-hybridized carbons (Fsp3) is 1.00. The van der Waals surface area contributed by atoms with Crippen LogP contribution in [0.3, 0.4) is 0 Å². The Labute approximate surface area is 127 Å². The highest BCUT2D eigenvalue weighted by Gasteiger charge is 2.58. The van der Waals surface area contributed by atoms with Crippen molar-refractivity contribution in [3.05, 3.63) is 0 Å². The van der Waals surface area contributed by atoms with Gasteiger partial charge in [0.25, 0.3) is 0 Å². The van der Waals surface area contributed by atoms with Gasteiger partial charge in [-0.2, -0.15) is 0 Å². The van der Waals surface area contributed by atoms with E-state index < -0.39 is 7.26 Å². The van der Waals surface area contributed by atoms with Crippen molar-refractivity contribution in [2.45, 2.75) is 108 Å². The molecule has 0 aromatic heterocycles. The van der Waals surface area contributed by atoms with E-state index in [1.165, 1.54) is 17.0 Å². The van der Waals surface area contributed by atoms with E-state index in [4.69, 9.17) is 0 Å². The third-order valence-electron chi connectivity index (χ3n) is 6.69. The fourth-order valence-electron chi connectivity index (χ4n) is 6.13.